The number of hydrogen-bond donors (Lipinski definition) is 1. The number of amides is 1. The summed E-state index contributed by atoms with van der Waals surface area (Å²) >= 11 is 0. The number of nitrogens with one attached hydrogen (secondary N) is 1. The molecule has 0 saturated heterocycles. The van der Waals surface area contributed by atoms with Crippen LogP contribution in [0.2, 0.25) is 0 Å². The summed E-state index contributed by atoms with van der Waals surface area (Å²) in [6.07, 6.45) is -1.04. The van der Waals surface area contributed by atoms with Crippen LogP contribution in [-0.2, 0) is 37.5 Å². The molecule has 9 heteroatoms. The number of alkyl halides is 3. The summed E-state index contributed by atoms with van der Waals surface area (Å²) in [7, 11) is 1.69. The summed E-state index contributed by atoms with van der Waals surface area (Å²) < 4.78 is 46.2. The molecule has 2 aromatic heterocycles. The maximum absolute atomic E-state index is 13.1. The molecule has 3 heterocycles. The summed E-state index contributed by atoms with van der Waals surface area (Å²) in [5.74, 6) is 0.732. The third-order valence-electron chi connectivity index (χ3n) is 8.01. The number of carbonyl (C=O) groups is 2. The van der Waals surface area contributed by atoms with E-state index in [1.54, 1.807) is 30.3 Å². The molecule has 5 rings (SSSR count). The Hall–Kier alpha value is -4.27. The Bertz CT molecular complexity index is 1580. The van der Waals surface area contributed by atoms with Crippen molar-refractivity contribution in [2.75, 3.05) is 13.7 Å². The molecule has 248 valence electrons. The molecule has 1 aliphatic heterocycles. The van der Waals surface area contributed by atoms with Crippen LogP contribution in [0, 0.1) is 0 Å². The summed E-state index contributed by atoms with van der Waals surface area (Å²) in [6, 6.07) is 16.8. The van der Waals surface area contributed by atoms with Crippen molar-refractivity contribution in [3.8, 4) is 5.75 Å². The van der Waals surface area contributed by atoms with Gasteiger partial charge in [-0.1, -0.05) is 65.8 Å². The van der Waals surface area contributed by atoms with E-state index >= 15 is 0 Å². The van der Waals surface area contributed by atoms with Crippen molar-refractivity contribution in [1.82, 2.24) is 14.5 Å². The first-order chi connectivity index (χ1) is 21.8. The molecule has 46 heavy (non-hydrogen) atoms. The van der Waals surface area contributed by atoms with Gasteiger partial charge in [0.15, 0.2) is 5.78 Å². The lowest BCUT2D eigenvalue weighted by Gasteiger charge is -2.39. The fourth-order valence-electron chi connectivity index (χ4n) is 6.06. The third kappa shape index (κ3) is 8.11. The lowest BCUT2D eigenvalue weighted by Crippen LogP contribution is -2.46. The molecule has 0 radical (unpaired) electrons. The van der Waals surface area contributed by atoms with E-state index < -0.39 is 17.2 Å². The summed E-state index contributed by atoms with van der Waals surface area (Å²) in [5, 5.41) is 0. The van der Waals surface area contributed by atoms with Crippen molar-refractivity contribution in [2.45, 2.75) is 86.0 Å². The van der Waals surface area contributed by atoms with Gasteiger partial charge >= 0.3 is 6.18 Å². The standard InChI is InChI=1S/C26H28F3N3O2.C9H12O.C2H6/c1-5-21-22(16(2)33)19-14-31(24(34)20-7-6-12-30-20)15-25(3,4)23(19)32(21)13-17-8-10-18(11-9-17)26(27,28)29;1-3-8-5-4-6-9(7-8)10-2;1-2/h6-12,30H,5,13-15H2,1-4H3;4-7H,3H2,1-2H3;1-2H3. The van der Waals surface area contributed by atoms with E-state index in [1.807, 2.05) is 46.8 Å². The van der Waals surface area contributed by atoms with Crippen molar-refractivity contribution >= 4 is 11.7 Å². The van der Waals surface area contributed by atoms with Gasteiger partial charge in [0.2, 0.25) is 0 Å². The minimum absolute atomic E-state index is 0.0794. The highest BCUT2D eigenvalue weighted by atomic mass is 19.4. The van der Waals surface area contributed by atoms with Crippen LogP contribution in [0.1, 0.15) is 103 Å². The van der Waals surface area contributed by atoms with Gasteiger partial charge in [0.05, 0.1) is 12.7 Å². The van der Waals surface area contributed by atoms with Crippen molar-refractivity contribution in [1.29, 1.82) is 0 Å². The van der Waals surface area contributed by atoms with Crippen LogP contribution in [0.15, 0.2) is 66.9 Å². The van der Waals surface area contributed by atoms with Gasteiger partial charge in [0.25, 0.3) is 5.91 Å². The number of nitrogens with zero attached hydrogens (tertiary/aromatic N) is 2. The van der Waals surface area contributed by atoms with Gasteiger partial charge < -0.3 is 19.2 Å². The number of aromatic amines is 1. The Morgan fingerprint density at radius 1 is 0.957 bits per heavy atom. The summed E-state index contributed by atoms with van der Waals surface area (Å²) in [5.41, 5.74) is 4.61. The van der Waals surface area contributed by atoms with E-state index in [4.69, 9.17) is 4.74 Å². The fraction of sp³-hybridized carbons (Fsp3) is 0.405. The minimum atomic E-state index is -4.39. The maximum atomic E-state index is 13.1. The van der Waals surface area contributed by atoms with E-state index in [1.165, 1.54) is 24.6 Å². The van der Waals surface area contributed by atoms with E-state index in [9.17, 15) is 22.8 Å². The van der Waals surface area contributed by atoms with Crippen LogP contribution < -0.4 is 4.74 Å². The fourth-order valence-corrected chi connectivity index (χ4v) is 6.06. The second kappa shape index (κ2) is 15.3. The van der Waals surface area contributed by atoms with Crippen LogP contribution >= 0.6 is 0 Å². The second-order valence-corrected chi connectivity index (χ2v) is 11.7. The van der Waals surface area contributed by atoms with Gasteiger partial charge in [0, 0.05) is 53.8 Å². The number of halogens is 3. The number of rotatable bonds is 7. The molecule has 1 amide bonds. The molecule has 0 fully saturated rings. The molecule has 1 aliphatic rings. The summed E-state index contributed by atoms with van der Waals surface area (Å²) in [6.45, 7) is 14.8. The number of Topliss-reactive ketones (excluding diaryl/α,β-unsaturated/α-hetero) is 1. The maximum Gasteiger partial charge on any atom is 0.416 e. The number of fused-ring (bicyclic) bond motifs is 1. The smallest absolute Gasteiger partial charge is 0.416 e. The molecule has 0 unspecified atom stereocenters. The lowest BCUT2D eigenvalue weighted by molar-refractivity contribution is -0.137. The van der Waals surface area contributed by atoms with E-state index in [2.05, 4.69) is 28.6 Å². The molecular weight excluding hydrogens is 591 g/mol. The zero-order valence-corrected chi connectivity index (χ0v) is 28.1. The molecule has 0 saturated carbocycles. The first-order valence-electron chi connectivity index (χ1n) is 15.8. The SMILES string of the molecule is CC.CCc1c(C(C)=O)c2c(n1Cc1ccc(C(F)(F)F)cc1)C(C)(C)CN(C(=O)c1ccc[nH]1)C2.CCc1cccc(OC)c1. The Labute approximate surface area is 270 Å². The molecule has 2 aromatic carbocycles. The first-order valence-corrected chi connectivity index (χ1v) is 15.8. The first kappa shape index (κ1) is 36.2. The molecule has 6 nitrogen and oxygen atoms in total. The second-order valence-electron chi connectivity index (χ2n) is 11.7. The van der Waals surface area contributed by atoms with Gasteiger partial charge in [-0.3, -0.25) is 9.59 Å². The number of methoxy groups -OCH3 is 1. The Balaban J connectivity index is 0.000000406. The number of ether oxygens (including phenoxy) is 1. The van der Waals surface area contributed by atoms with Crippen LogP contribution in [0.3, 0.4) is 0 Å². The highest BCUT2D eigenvalue weighted by Crippen LogP contribution is 2.40. The van der Waals surface area contributed by atoms with Gasteiger partial charge in [-0.2, -0.15) is 13.2 Å². The molecule has 0 bridgehead atoms. The molecule has 4 aromatic rings. The number of carbonyl (C=O) groups excluding carboxylic acids is 2. The predicted molar refractivity (Wildman–Crippen MR) is 177 cm³/mol. The number of H-pyrrole nitrogens is 1. The van der Waals surface area contributed by atoms with Gasteiger partial charge in [-0.05, 0) is 67.3 Å². The summed E-state index contributed by atoms with van der Waals surface area (Å²) in [4.78, 5) is 30.6. The highest BCUT2D eigenvalue weighted by Gasteiger charge is 2.41. The highest BCUT2D eigenvalue weighted by molar-refractivity contribution is 5.98. The quantitative estimate of drug-likeness (QED) is 0.206. The van der Waals surface area contributed by atoms with Gasteiger partial charge in [0.1, 0.15) is 11.4 Å². The zero-order valence-electron chi connectivity index (χ0n) is 28.1. The van der Waals surface area contributed by atoms with Gasteiger partial charge in [-0.15, -0.1) is 0 Å². The molecule has 0 aliphatic carbocycles. The van der Waals surface area contributed by atoms with E-state index in [0.29, 0.717) is 37.3 Å². The number of ketones is 1. The van der Waals surface area contributed by atoms with Crippen molar-refractivity contribution < 1.29 is 27.5 Å². The molecule has 1 N–H and O–H groups in total. The number of benzene rings is 2. The Kier molecular flexibility index (Phi) is 12.1. The van der Waals surface area contributed by atoms with E-state index in [-0.39, 0.29) is 11.7 Å². The number of aromatic nitrogens is 2. The average molecular weight is 638 g/mol. The van der Waals surface area contributed by atoms with Crippen LogP contribution in [-0.4, -0.2) is 39.8 Å². The topological polar surface area (TPSA) is 67.3 Å². The van der Waals surface area contributed by atoms with Crippen LogP contribution in [0.25, 0.3) is 0 Å². The van der Waals surface area contributed by atoms with Crippen molar-refractivity contribution in [2.24, 2.45) is 0 Å². The Morgan fingerprint density at radius 2 is 1.63 bits per heavy atom. The molecule has 0 spiro atoms. The lowest BCUT2D eigenvalue weighted by atomic mass is 9.81. The van der Waals surface area contributed by atoms with Crippen molar-refractivity contribution in [3.63, 3.8) is 0 Å². The molecular formula is C37H46F3N3O3. The largest absolute Gasteiger partial charge is 0.497 e. The average Bonchev–Trinajstić information content (AvgIpc) is 3.68. The third-order valence-corrected chi connectivity index (χ3v) is 8.01. The minimum Gasteiger partial charge on any atom is -0.497 e. The van der Waals surface area contributed by atoms with Crippen molar-refractivity contribution in [3.05, 3.63) is 112 Å². The number of hydrogen-bond acceptors (Lipinski definition) is 3. The van der Waals surface area contributed by atoms with Gasteiger partial charge in [-0.25, -0.2) is 0 Å². The van der Waals surface area contributed by atoms with Crippen LogP contribution in [0.4, 0.5) is 13.2 Å². The predicted octanol–water partition coefficient (Wildman–Crippen LogP) is 8.87. The zero-order chi connectivity index (χ0) is 34.2. The normalized spacial score (nSPS) is 13.5. The number of aryl methyl sites for hydroxylation is 1. The monoisotopic (exact) mass is 637 g/mol. The Morgan fingerprint density at radius 3 is 2.15 bits per heavy atom. The van der Waals surface area contributed by atoms with E-state index in [0.717, 1.165) is 46.8 Å². The molecule has 0 atom stereocenters. The van der Waals surface area contributed by atoms with Crippen LogP contribution in [0.5, 0.6) is 5.75 Å².